The first-order chi connectivity index (χ1) is 9.43. The van der Waals surface area contributed by atoms with Crippen LogP contribution in [0.5, 0.6) is 5.75 Å². The molecule has 0 aliphatic rings. The van der Waals surface area contributed by atoms with Gasteiger partial charge in [0.25, 0.3) is 0 Å². The summed E-state index contributed by atoms with van der Waals surface area (Å²) in [7, 11) is 0. The minimum absolute atomic E-state index is 0.206. The molecule has 0 saturated heterocycles. The van der Waals surface area contributed by atoms with Gasteiger partial charge in [0, 0.05) is 10.8 Å². The number of hydrogen-bond donors (Lipinski definition) is 0. The van der Waals surface area contributed by atoms with Crippen LogP contribution >= 0.6 is 11.6 Å². The van der Waals surface area contributed by atoms with Gasteiger partial charge in [-0.25, -0.2) is 0 Å². The lowest BCUT2D eigenvalue weighted by atomic mass is 9.87. The molecular formula is C15H22ClO3S-. The Bertz CT molecular complexity index is 449. The molecule has 20 heavy (non-hydrogen) atoms. The molecular weight excluding hydrogens is 296 g/mol. The zero-order valence-corrected chi connectivity index (χ0v) is 13.8. The molecule has 1 rings (SSSR count). The van der Waals surface area contributed by atoms with Crippen LogP contribution in [0, 0.1) is 11.8 Å². The highest BCUT2D eigenvalue weighted by molar-refractivity contribution is 7.79. The van der Waals surface area contributed by atoms with Crippen LogP contribution in [0.2, 0.25) is 5.02 Å². The van der Waals surface area contributed by atoms with E-state index in [9.17, 15) is 8.76 Å². The summed E-state index contributed by atoms with van der Waals surface area (Å²) < 4.78 is 26.8. The molecule has 114 valence electrons. The van der Waals surface area contributed by atoms with Crippen LogP contribution in [-0.4, -0.2) is 21.1 Å². The molecule has 0 heterocycles. The Labute approximate surface area is 129 Å². The molecule has 0 aliphatic carbocycles. The highest BCUT2D eigenvalue weighted by Crippen LogP contribution is 2.28. The van der Waals surface area contributed by atoms with Crippen LogP contribution in [0.4, 0.5) is 0 Å². The number of benzene rings is 1. The van der Waals surface area contributed by atoms with Crippen molar-refractivity contribution in [2.24, 2.45) is 11.8 Å². The van der Waals surface area contributed by atoms with E-state index in [1.165, 1.54) is 0 Å². The van der Waals surface area contributed by atoms with E-state index < -0.39 is 11.1 Å². The largest absolute Gasteiger partial charge is 0.772 e. The lowest BCUT2D eigenvalue weighted by Gasteiger charge is -2.22. The molecule has 1 aromatic carbocycles. The molecule has 0 N–H and O–H groups in total. The summed E-state index contributed by atoms with van der Waals surface area (Å²) in [4.78, 5) is 0. The molecule has 5 heteroatoms. The van der Waals surface area contributed by atoms with Crippen LogP contribution in [0.3, 0.4) is 0 Å². The first kappa shape index (κ1) is 17.5. The molecule has 0 fully saturated rings. The number of rotatable bonds is 8. The quantitative estimate of drug-likeness (QED) is 0.685. The smallest absolute Gasteiger partial charge is 0.120 e. The predicted molar refractivity (Wildman–Crippen MR) is 83.1 cm³/mol. The van der Waals surface area contributed by atoms with Gasteiger partial charge < -0.3 is 9.29 Å². The summed E-state index contributed by atoms with van der Waals surface area (Å²) in [6.07, 6.45) is 1.46. The van der Waals surface area contributed by atoms with E-state index in [2.05, 4.69) is 13.8 Å². The van der Waals surface area contributed by atoms with Gasteiger partial charge in [-0.1, -0.05) is 42.6 Å². The maximum atomic E-state index is 10.7. The molecule has 3 nitrogen and oxygen atoms in total. The molecule has 0 amide bonds. The number of ether oxygens (including phenoxy) is 1. The van der Waals surface area contributed by atoms with Crippen molar-refractivity contribution in [3.8, 4) is 5.75 Å². The molecule has 0 aromatic heterocycles. The molecule has 0 radical (unpaired) electrons. The molecule has 1 aromatic rings. The standard InChI is InChI=1S/C15H23ClO3S/c1-4-19-14-6-5-13(15(16)10-14)9-12(11(2)3)7-8-20(17)18/h5-6,10-12H,4,7-9H2,1-3H3,(H,17,18)/p-1. The Morgan fingerprint density at radius 1 is 1.40 bits per heavy atom. The van der Waals surface area contributed by atoms with E-state index in [0.29, 0.717) is 29.9 Å². The molecule has 0 saturated carbocycles. The van der Waals surface area contributed by atoms with E-state index in [1.807, 2.05) is 25.1 Å². The van der Waals surface area contributed by atoms with E-state index >= 15 is 0 Å². The summed E-state index contributed by atoms with van der Waals surface area (Å²) in [6, 6.07) is 5.70. The van der Waals surface area contributed by atoms with E-state index in [1.54, 1.807) is 0 Å². The first-order valence-corrected chi connectivity index (χ1v) is 8.53. The topological polar surface area (TPSA) is 49.4 Å². The van der Waals surface area contributed by atoms with Crippen LogP contribution in [0.1, 0.15) is 32.8 Å². The third-order valence-electron chi connectivity index (χ3n) is 3.42. The third-order valence-corrected chi connectivity index (χ3v) is 4.34. The summed E-state index contributed by atoms with van der Waals surface area (Å²) in [6.45, 7) is 6.76. The van der Waals surface area contributed by atoms with Gasteiger partial charge in [-0.2, -0.15) is 0 Å². The summed E-state index contributed by atoms with van der Waals surface area (Å²) >= 11 is 4.30. The zero-order valence-electron chi connectivity index (χ0n) is 12.2. The van der Waals surface area contributed by atoms with Crippen molar-refractivity contribution in [2.45, 2.75) is 33.6 Å². The Balaban J connectivity index is 2.75. The fourth-order valence-corrected chi connectivity index (χ4v) is 2.89. The van der Waals surface area contributed by atoms with Gasteiger partial charge >= 0.3 is 0 Å². The minimum atomic E-state index is -1.98. The second-order valence-electron chi connectivity index (χ2n) is 5.19. The Kier molecular flexibility index (Phi) is 7.56. The van der Waals surface area contributed by atoms with Crippen LogP contribution < -0.4 is 4.74 Å². The summed E-state index contributed by atoms with van der Waals surface area (Å²) in [5.41, 5.74) is 1.05. The zero-order chi connectivity index (χ0) is 15.1. The van der Waals surface area contributed by atoms with Gasteiger partial charge in [0.15, 0.2) is 0 Å². The molecule has 2 atom stereocenters. The molecule has 0 spiro atoms. The van der Waals surface area contributed by atoms with Crippen molar-refractivity contribution in [3.05, 3.63) is 28.8 Å². The van der Waals surface area contributed by atoms with Gasteiger partial charge in [-0.3, -0.25) is 4.21 Å². The number of halogens is 1. The predicted octanol–water partition coefficient (Wildman–Crippen LogP) is 3.82. The lowest BCUT2D eigenvalue weighted by molar-refractivity contribution is 0.339. The molecule has 0 aliphatic heterocycles. The lowest BCUT2D eigenvalue weighted by Crippen LogP contribution is -2.15. The fourth-order valence-electron chi connectivity index (χ4n) is 2.15. The second kappa shape index (κ2) is 8.65. The van der Waals surface area contributed by atoms with E-state index in [-0.39, 0.29) is 5.75 Å². The van der Waals surface area contributed by atoms with Crippen molar-refractivity contribution >= 4 is 22.7 Å². The van der Waals surface area contributed by atoms with Gasteiger partial charge in [-0.05, 0) is 49.3 Å². The van der Waals surface area contributed by atoms with Crippen molar-refractivity contribution in [2.75, 3.05) is 12.4 Å². The summed E-state index contributed by atoms with van der Waals surface area (Å²) in [5, 5.41) is 0.685. The molecule has 2 unspecified atom stereocenters. The fraction of sp³-hybridized carbons (Fsp3) is 0.600. The van der Waals surface area contributed by atoms with Gasteiger partial charge in [0.1, 0.15) is 5.75 Å². The molecule has 0 bridgehead atoms. The van der Waals surface area contributed by atoms with E-state index in [0.717, 1.165) is 17.7 Å². The number of hydrogen-bond acceptors (Lipinski definition) is 3. The minimum Gasteiger partial charge on any atom is -0.772 e. The maximum Gasteiger partial charge on any atom is 0.120 e. The average Bonchev–Trinajstić information content (AvgIpc) is 2.36. The Morgan fingerprint density at radius 3 is 2.60 bits per heavy atom. The Hall–Kier alpha value is -0.580. The Morgan fingerprint density at radius 2 is 2.10 bits per heavy atom. The average molecular weight is 318 g/mol. The third kappa shape index (κ3) is 5.81. The van der Waals surface area contributed by atoms with Gasteiger partial charge in [0.05, 0.1) is 6.61 Å². The monoisotopic (exact) mass is 317 g/mol. The highest BCUT2D eigenvalue weighted by Gasteiger charge is 2.16. The SMILES string of the molecule is CCOc1ccc(CC(CCS(=O)[O-])C(C)C)c(Cl)c1. The van der Waals surface area contributed by atoms with Crippen molar-refractivity contribution in [1.82, 2.24) is 0 Å². The highest BCUT2D eigenvalue weighted by atomic mass is 35.5. The second-order valence-corrected chi connectivity index (χ2v) is 6.61. The van der Waals surface area contributed by atoms with Crippen molar-refractivity contribution in [1.29, 1.82) is 0 Å². The van der Waals surface area contributed by atoms with Gasteiger partial charge in [0.2, 0.25) is 0 Å². The first-order valence-electron chi connectivity index (χ1n) is 6.91. The van der Waals surface area contributed by atoms with Crippen molar-refractivity contribution in [3.63, 3.8) is 0 Å². The maximum absolute atomic E-state index is 10.7. The van der Waals surface area contributed by atoms with Crippen molar-refractivity contribution < 1.29 is 13.5 Å². The summed E-state index contributed by atoms with van der Waals surface area (Å²) in [5.74, 6) is 1.70. The van der Waals surface area contributed by atoms with Crippen LogP contribution in [0.15, 0.2) is 18.2 Å². The normalized spacial score (nSPS) is 14.3. The van der Waals surface area contributed by atoms with Crippen LogP contribution in [0.25, 0.3) is 0 Å². The van der Waals surface area contributed by atoms with Crippen LogP contribution in [-0.2, 0) is 17.5 Å². The van der Waals surface area contributed by atoms with Gasteiger partial charge in [-0.15, -0.1) is 0 Å². The van der Waals surface area contributed by atoms with E-state index in [4.69, 9.17) is 16.3 Å².